The van der Waals surface area contributed by atoms with Gasteiger partial charge in [-0.3, -0.25) is 0 Å². The minimum absolute atomic E-state index is 0.422. The largest absolute Gasteiger partial charge is 0.465 e. The van der Waals surface area contributed by atoms with Crippen LogP contribution in [0.2, 0.25) is 0 Å². The number of piperazine rings is 1. The highest BCUT2D eigenvalue weighted by Crippen LogP contribution is 2.27. The van der Waals surface area contributed by atoms with E-state index in [0.29, 0.717) is 44.8 Å². The number of likely N-dealkylation sites (tertiary alicyclic amines) is 1. The van der Waals surface area contributed by atoms with E-state index in [0.717, 1.165) is 44.0 Å². The third kappa shape index (κ3) is 3.93. The van der Waals surface area contributed by atoms with E-state index in [1.165, 1.54) is 16.9 Å². The zero-order chi connectivity index (χ0) is 18.8. The predicted octanol–water partition coefficient (Wildman–Crippen LogP) is 0.395. The van der Waals surface area contributed by atoms with Gasteiger partial charge in [0.05, 0.1) is 5.69 Å². The van der Waals surface area contributed by atoms with Crippen LogP contribution in [0.4, 0.5) is 10.6 Å². The average Bonchev–Trinajstić information content (AvgIpc) is 3.10. The van der Waals surface area contributed by atoms with E-state index < -0.39 is 6.09 Å². The Hall–Kier alpha value is -2.13. The second kappa shape index (κ2) is 7.85. The maximum Gasteiger partial charge on any atom is 0.407 e. The molecule has 0 radical (unpaired) electrons. The summed E-state index contributed by atoms with van der Waals surface area (Å²) in [6.45, 7) is 5.63. The number of carboxylic acid groups (broad SMARTS) is 1. The summed E-state index contributed by atoms with van der Waals surface area (Å²) in [6, 6.07) is 0.860. The van der Waals surface area contributed by atoms with Crippen molar-refractivity contribution in [1.82, 2.24) is 25.1 Å². The number of nitrogens with one attached hydrogen (secondary N) is 1. The topological polar surface area (TPSA) is 94.1 Å². The number of nitrogens with zero attached hydrogens (tertiary/aromatic N) is 5. The van der Waals surface area contributed by atoms with Gasteiger partial charge in [-0.05, 0) is 39.4 Å². The monoisotopic (exact) mass is 376 g/mol. The molecule has 1 amide bonds. The van der Waals surface area contributed by atoms with Crippen LogP contribution in [0.3, 0.4) is 0 Å². The van der Waals surface area contributed by atoms with Crippen LogP contribution in [-0.4, -0.2) is 89.9 Å². The molecule has 0 unspecified atom stereocenters. The number of hydrogen-bond acceptors (Lipinski definition) is 7. The summed E-state index contributed by atoms with van der Waals surface area (Å²) >= 11 is 0. The highest BCUT2D eigenvalue weighted by molar-refractivity contribution is 5.65. The zero-order valence-electron chi connectivity index (χ0n) is 15.9. The van der Waals surface area contributed by atoms with Gasteiger partial charge in [-0.15, -0.1) is 0 Å². The molecule has 3 aliphatic heterocycles. The smallest absolute Gasteiger partial charge is 0.407 e. The van der Waals surface area contributed by atoms with E-state index in [2.05, 4.69) is 27.1 Å². The summed E-state index contributed by atoms with van der Waals surface area (Å²) in [5.41, 5.74) is 2.17. The lowest BCUT2D eigenvalue weighted by Crippen LogP contribution is -2.49. The number of rotatable bonds is 4. The predicted molar refractivity (Wildman–Crippen MR) is 100 cm³/mol. The number of aromatic nitrogens is 2. The number of fused-ring (bicyclic) bond motifs is 1. The van der Waals surface area contributed by atoms with Gasteiger partial charge in [-0.25, -0.2) is 4.79 Å². The molecule has 2 fully saturated rings. The molecule has 1 aromatic heterocycles. The first-order chi connectivity index (χ1) is 13.1. The lowest BCUT2D eigenvalue weighted by Gasteiger charge is -2.35. The molecule has 4 rings (SSSR count). The molecule has 0 aliphatic carbocycles. The van der Waals surface area contributed by atoms with Crippen molar-refractivity contribution < 1.29 is 14.6 Å². The second-order valence-corrected chi connectivity index (χ2v) is 7.53. The van der Waals surface area contributed by atoms with Gasteiger partial charge >= 0.3 is 12.1 Å². The van der Waals surface area contributed by atoms with Crippen LogP contribution in [0.1, 0.15) is 24.1 Å². The summed E-state index contributed by atoms with van der Waals surface area (Å²) < 4.78 is 5.99. The van der Waals surface area contributed by atoms with Crippen molar-refractivity contribution in [3.05, 3.63) is 11.3 Å². The molecular weight excluding hydrogens is 348 g/mol. The molecule has 1 aromatic rings. The SMILES string of the molecule is CN1CCC[C@H]1COc1nc2c(c(N3CCN(C(=O)O)CC3)n1)CCNC2. The molecule has 1 atom stereocenters. The van der Waals surface area contributed by atoms with E-state index in [-0.39, 0.29) is 0 Å². The van der Waals surface area contributed by atoms with E-state index in [9.17, 15) is 9.90 Å². The van der Waals surface area contributed by atoms with Crippen LogP contribution in [0, 0.1) is 0 Å². The quantitative estimate of drug-likeness (QED) is 0.780. The van der Waals surface area contributed by atoms with Crippen LogP contribution in [-0.2, 0) is 13.0 Å². The molecule has 3 aliphatic rings. The van der Waals surface area contributed by atoms with Gasteiger partial charge in [0, 0.05) is 44.3 Å². The molecule has 148 valence electrons. The third-order valence-electron chi connectivity index (χ3n) is 5.82. The van der Waals surface area contributed by atoms with Crippen molar-refractivity contribution in [3.8, 4) is 6.01 Å². The number of amides is 1. The van der Waals surface area contributed by atoms with Gasteiger partial charge in [0.25, 0.3) is 0 Å². The van der Waals surface area contributed by atoms with Gasteiger partial charge in [-0.2, -0.15) is 9.97 Å². The summed E-state index contributed by atoms with van der Waals surface area (Å²) in [5.74, 6) is 0.918. The van der Waals surface area contributed by atoms with E-state index in [1.54, 1.807) is 0 Å². The van der Waals surface area contributed by atoms with Crippen molar-refractivity contribution in [2.75, 3.05) is 57.8 Å². The molecular formula is C18H28N6O3. The van der Waals surface area contributed by atoms with Crippen LogP contribution in [0.25, 0.3) is 0 Å². The Kier molecular flexibility index (Phi) is 5.31. The first kappa shape index (κ1) is 18.2. The van der Waals surface area contributed by atoms with E-state index in [1.807, 2.05) is 0 Å². The Bertz CT molecular complexity index is 692. The maximum atomic E-state index is 11.2. The number of carbonyl (C=O) groups is 1. The molecule has 2 N–H and O–H groups in total. The fourth-order valence-corrected chi connectivity index (χ4v) is 4.11. The van der Waals surface area contributed by atoms with Crippen molar-refractivity contribution in [3.63, 3.8) is 0 Å². The van der Waals surface area contributed by atoms with Crippen LogP contribution in [0.5, 0.6) is 6.01 Å². The molecule has 0 spiro atoms. The Morgan fingerprint density at radius 1 is 1.26 bits per heavy atom. The highest BCUT2D eigenvalue weighted by Gasteiger charge is 2.27. The Morgan fingerprint density at radius 3 is 2.78 bits per heavy atom. The summed E-state index contributed by atoms with van der Waals surface area (Å²) in [5, 5.41) is 12.5. The molecule has 9 nitrogen and oxygen atoms in total. The van der Waals surface area contributed by atoms with Crippen molar-refractivity contribution >= 4 is 11.9 Å². The summed E-state index contributed by atoms with van der Waals surface area (Å²) in [7, 11) is 2.13. The Balaban J connectivity index is 1.52. The molecule has 0 aromatic carbocycles. The zero-order valence-corrected chi connectivity index (χ0v) is 15.9. The average molecular weight is 376 g/mol. The van der Waals surface area contributed by atoms with Gasteiger partial charge in [0.1, 0.15) is 12.4 Å². The number of hydrogen-bond donors (Lipinski definition) is 2. The third-order valence-corrected chi connectivity index (χ3v) is 5.82. The van der Waals surface area contributed by atoms with E-state index >= 15 is 0 Å². The van der Waals surface area contributed by atoms with E-state index in [4.69, 9.17) is 9.72 Å². The standard InChI is InChI=1S/C18H28N6O3/c1-22-6-2-3-13(22)12-27-17-20-15-11-19-5-4-14(15)16(21-17)23-7-9-24(10-8-23)18(25)26/h13,19H,2-12H2,1H3,(H,25,26)/t13-/m0/s1. The van der Waals surface area contributed by atoms with Crippen molar-refractivity contribution in [2.45, 2.75) is 31.8 Å². The molecule has 2 saturated heterocycles. The first-order valence-corrected chi connectivity index (χ1v) is 9.78. The minimum atomic E-state index is -0.853. The van der Waals surface area contributed by atoms with Gasteiger partial charge in [0.15, 0.2) is 0 Å². The Morgan fingerprint density at radius 2 is 2.07 bits per heavy atom. The highest BCUT2D eigenvalue weighted by atomic mass is 16.5. The van der Waals surface area contributed by atoms with Gasteiger partial charge in [-0.1, -0.05) is 0 Å². The Labute approximate surface area is 159 Å². The van der Waals surface area contributed by atoms with Gasteiger partial charge < -0.3 is 29.9 Å². The summed E-state index contributed by atoms with van der Waals surface area (Å²) in [4.78, 5) is 26.5. The molecule has 9 heteroatoms. The maximum absolute atomic E-state index is 11.2. The fraction of sp³-hybridized carbons (Fsp3) is 0.722. The van der Waals surface area contributed by atoms with Crippen LogP contribution < -0.4 is 15.0 Å². The van der Waals surface area contributed by atoms with Crippen molar-refractivity contribution in [1.29, 1.82) is 0 Å². The molecule has 27 heavy (non-hydrogen) atoms. The molecule has 4 heterocycles. The second-order valence-electron chi connectivity index (χ2n) is 7.53. The lowest BCUT2D eigenvalue weighted by atomic mass is 10.1. The van der Waals surface area contributed by atoms with Gasteiger partial charge in [0.2, 0.25) is 0 Å². The fourth-order valence-electron chi connectivity index (χ4n) is 4.11. The number of likely N-dealkylation sites (N-methyl/N-ethyl adjacent to an activating group) is 1. The van der Waals surface area contributed by atoms with Crippen LogP contribution >= 0.6 is 0 Å². The van der Waals surface area contributed by atoms with Crippen LogP contribution in [0.15, 0.2) is 0 Å². The molecule has 0 saturated carbocycles. The number of anilines is 1. The minimum Gasteiger partial charge on any atom is -0.465 e. The normalized spacial score (nSPS) is 23.4. The van der Waals surface area contributed by atoms with Crippen molar-refractivity contribution in [2.24, 2.45) is 0 Å². The lowest BCUT2D eigenvalue weighted by molar-refractivity contribution is 0.142. The number of ether oxygens (including phenoxy) is 1. The first-order valence-electron chi connectivity index (χ1n) is 9.78. The summed E-state index contributed by atoms with van der Waals surface area (Å²) in [6.07, 6.45) is 2.38. The molecule has 0 bridgehead atoms.